The van der Waals surface area contributed by atoms with E-state index >= 15 is 0 Å². The zero-order valence-corrected chi connectivity index (χ0v) is 18.7. The van der Waals surface area contributed by atoms with Crippen LogP contribution >= 0.6 is 0 Å². The first-order chi connectivity index (χ1) is 15.5. The molecule has 0 amide bonds. The largest absolute Gasteiger partial charge is 0.311 e. The first kappa shape index (κ1) is 21.3. The summed E-state index contributed by atoms with van der Waals surface area (Å²) in [6, 6.07) is 30.9. The Bertz CT molecular complexity index is 1240. The topological polar surface area (TPSA) is 20.3 Å². The molecule has 0 unspecified atom stereocenters. The van der Waals surface area contributed by atoms with Gasteiger partial charge < -0.3 is 4.90 Å². The zero-order chi connectivity index (χ0) is 22.5. The Hall–Kier alpha value is -3.91. The molecule has 0 aliphatic carbocycles. The standard InChI is InChI=1S/C30H27NO/c1-22-19-24(3)27(20-23(22)2)14-9-25-10-15-29(16-11-25)31(28-7-5-4-6-8-28)30-17-12-26(21-32)13-18-30/h4-21H,1-3H3. The van der Waals surface area contributed by atoms with Gasteiger partial charge in [0.15, 0.2) is 0 Å². The van der Waals surface area contributed by atoms with Crippen molar-refractivity contribution >= 4 is 35.5 Å². The molecule has 0 saturated heterocycles. The van der Waals surface area contributed by atoms with E-state index in [0.29, 0.717) is 5.56 Å². The van der Waals surface area contributed by atoms with Crippen molar-refractivity contribution < 1.29 is 4.79 Å². The van der Waals surface area contributed by atoms with E-state index in [9.17, 15) is 4.79 Å². The number of aldehydes is 1. The van der Waals surface area contributed by atoms with Gasteiger partial charge in [0.25, 0.3) is 0 Å². The molecule has 0 bridgehead atoms. The quantitative estimate of drug-likeness (QED) is 0.233. The van der Waals surface area contributed by atoms with Crippen molar-refractivity contribution in [2.75, 3.05) is 4.90 Å². The number of benzene rings is 4. The SMILES string of the molecule is Cc1cc(C)c(C=Cc2ccc(N(c3ccccc3)c3ccc(C=O)cc3)cc2)cc1C. The van der Waals surface area contributed by atoms with Gasteiger partial charge in [-0.25, -0.2) is 0 Å². The summed E-state index contributed by atoms with van der Waals surface area (Å²) in [5.41, 5.74) is 10.1. The Morgan fingerprint density at radius 3 is 1.69 bits per heavy atom. The van der Waals surface area contributed by atoms with E-state index in [1.54, 1.807) is 0 Å². The Morgan fingerprint density at radius 2 is 1.09 bits per heavy atom. The number of anilines is 3. The Morgan fingerprint density at radius 1 is 0.562 bits per heavy atom. The predicted molar refractivity (Wildman–Crippen MR) is 136 cm³/mol. The third-order valence-electron chi connectivity index (χ3n) is 5.79. The minimum atomic E-state index is 0.670. The third-order valence-corrected chi connectivity index (χ3v) is 5.79. The normalized spacial score (nSPS) is 11.0. The van der Waals surface area contributed by atoms with Gasteiger partial charge in [0, 0.05) is 22.6 Å². The van der Waals surface area contributed by atoms with Gasteiger partial charge in [-0.3, -0.25) is 4.79 Å². The number of carbonyl (C=O) groups excluding carboxylic acids is 1. The summed E-state index contributed by atoms with van der Waals surface area (Å²) >= 11 is 0. The lowest BCUT2D eigenvalue weighted by Gasteiger charge is -2.25. The van der Waals surface area contributed by atoms with Crippen molar-refractivity contribution in [2.24, 2.45) is 0 Å². The smallest absolute Gasteiger partial charge is 0.150 e. The molecule has 0 aliphatic heterocycles. The molecule has 2 nitrogen and oxygen atoms in total. The van der Waals surface area contributed by atoms with Gasteiger partial charge >= 0.3 is 0 Å². The molecule has 4 rings (SSSR count). The van der Waals surface area contributed by atoms with Crippen molar-refractivity contribution in [1.29, 1.82) is 0 Å². The van der Waals surface area contributed by atoms with Gasteiger partial charge in [0.1, 0.15) is 6.29 Å². The molecule has 0 saturated carbocycles. The van der Waals surface area contributed by atoms with E-state index in [0.717, 1.165) is 28.9 Å². The minimum absolute atomic E-state index is 0.670. The zero-order valence-electron chi connectivity index (χ0n) is 18.7. The number of rotatable bonds is 6. The molecule has 0 radical (unpaired) electrons. The number of carbonyl (C=O) groups is 1. The summed E-state index contributed by atoms with van der Waals surface area (Å²) < 4.78 is 0. The Labute approximate surface area is 190 Å². The van der Waals surface area contributed by atoms with E-state index in [-0.39, 0.29) is 0 Å². The lowest BCUT2D eigenvalue weighted by molar-refractivity contribution is 0.112. The molecular weight excluding hydrogens is 390 g/mol. The van der Waals surface area contributed by atoms with Crippen LogP contribution in [0.1, 0.15) is 38.2 Å². The molecule has 0 aromatic heterocycles. The van der Waals surface area contributed by atoms with Crippen LogP contribution in [0.15, 0.2) is 91.0 Å². The highest BCUT2D eigenvalue weighted by Gasteiger charge is 2.12. The number of para-hydroxylation sites is 1. The fourth-order valence-electron chi connectivity index (χ4n) is 3.81. The highest BCUT2D eigenvalue weighted by atomic mass is 16.1. The summed E-state index contributed by atoms with van der Waals surface area (Å²) in [6.07, 6.45) is 5.21. The molecule has 0 heterocycles. The maximum atomic E-state index is 11.1. The van der Waals surface area contributed by atoms with Gasteiger partial charge in [0.2, 0.25) is 0 Å². The van der Waals surface area contributed by atoms with Gasteiger partial charge in [-0.05, 0) is 97.1 Å². The second-order valence-corrected chi connectivity index (χ2v) is 8.10. The molecular formula is C30H27NO. The van der Waals surface area contributed by atoms with Crippen molar-refractivity contribution in [3.8, 4) is 0 Å². The fourth-order valence-corrected chi connectivity index (χ4v) is 3.81. The van der Waals surface area contributed by atoms with E-state index < -0.39 is 0 Å². The molecule has 0 atom stereocenters. The van der Waals surface area contributed by atoms with Crippen LogP contribution in [0, 0.1) is 20.8 Å². The summed E-state index contributed by atoms with van der Waals surface area (Å²) in [5, 5.41) is 0. The summed E-state index contributed by atoms with van der Waals surface area (Å²) in [5.74, 6) is 0. The first-order valence-electron chi connectivity index (χ1n) is 10.8. The first-order valence-corrected chi connectivity index (χ1v) is 10.8. The van der Waals surface area contributed by atoms with Crippen LogP contribution in [0.2, 0.25) is 0 Å². The highest BCUT2D eigenvalue weighted by molar-refractivity contribution is 5.81. The molecule has 0 aliphatic rings. The second kappa shape index (κ2) is 9.49. The Kier molecular flexibility index (Phi) is 6.32. The summed E-state index contributed by atoms with van der Waals surface area (Å²) in [6.45, 7) is 6.46. The van der Waals surface area contributed by atoms with Crippen molar-refractivity contribution in [3.63, 3.8) is 0 Å². The second-order valence-electron chi connectivity index (χ2n) is 8.10. The number of nitrogens with zero attached hydrogens (tertiary/aromatic N) is 1. The van der Waals surface area contributed by atoms with E-state index in [1.807, 2.05) is 42.5 Å². The maximum Gasteiger partial charge on any atom is 0.150 e. The molecule has 4 aromatic rings. The van der Waals surface area contributed by atoms with Crippen LogP contribution in [0.4, 0.5) is 17.1 Å². The van der Waals surface area contributed by atoms with E-state index in [4.69, 9.17) is 0 Å². The molecule has 0 spiro atoms. The monoisotopic (exact) mass is 417 g/mol. The number of hydrogen-bond donors (Lipinski definition) is 0. The van der Waals surface area contributed by atoms with Crippen LogP contribution < -0.4 is 4.90 Å². The molecule has 0 N–H and O–H groups in total. The van der Waals surface area contributed by atoms with Crippen LogP contribution in [-0.2, 0) is 0 Å². The van der Waals surface area contributed by atoms with Gasteiger partial charge in [-0.2, -0.15) is 0 Å². The van der Waals surface area contributed by atoms with Crippen LogP contribution in [0.5, 0.6) is 0 Å². The molecule has 32 heavy (non-hydrogen) atoms. The van der Waals surface area contributed by atoms with Crippen LogP contribution in [0.25, 0.3) is 12.2 Å². The van der Waals surface area contributed by atoms with Crippen molar-refractivity contribution in [2.45, 2.75) is 20.8 Å². The maximum absolute atomic E-state index is 11.1. The van der Waals surface area contributed by atoms with Crippen LogP contribution in [0.3, 0.4) is 0 Å². The van der Waals surface area contributed by atoms with Crippen molar-refractivity contribution in [3.05, 3.63) is 124 Å². The minimum Gasteiger partial charge on any atom is -0.311 e. The molecule has 0 fully saturated rings. The molecule has 4 aromatic carbocycles. The molecule has 158 valence electrons. The average molecular weight is 418 g/mol. The summed E-state index contributed by atoms with van der Waals surface area (Å²) in [4.78, 5) is 13.3. The molecule has 2 heteroatoms. The highest BCUT2D eigenvalue weighted by Crippen LogP contribution is 2.34. The fraction of sp³-hybridized carbons (Fsp3) is 0.100. The number of aryl methyl sites for hydroxylation is 3. The predicted octanol–water partition coefficient (Wildman–Crippen LogP) is 8.06. The van der Waals surface area contributed by atoms with Crippen LogP contribution in [-0.4, -0.2) is 6.29 Å². The number of hydrogen-bond acceptors (Lipinski definition) is 2. The van der Waals surface area contributed by atoms with Gasteiger partial charge in [-0.15, -0.1) is 0 Å². The van der Waals surface area contributed by atoms with E-state index in [2.05, 4.69) is 86.4 Å². The lowest BCUT2D eigenvalue weighted by Crippen LogP contribution is -2.09. The van der Waals surface area contributed by atoms with E-state index in [1.165, 1.54) is 22.3 Å². The average Bonchev–Trinajstić information content (AvgIpc) is 2.83. The Balaban J connectivity index is 1.65. The third kappa shape index (κ3) is 4.70. The van der Waals surface area contributed by atoms with Gasteiger partial charge in [0.05, 0.1) is 0 Å². The summed E-state index contributed by atoms with van der Waals surface area (Å²) in [7, 11) is 0. The van der Waals surface area contributed by atoms with Crippen molar-refractivity contribution in [1.82, 2.24) is 0 Å². The van der Waals surface area contributed by atoms with Gasteiger partial charge in [-0.1, -0.05) is 54.6 Å². The lowest BCUT2D eigenvalue weighted by atomic mass is 10.00.